The minimum absolute atomic E-state index is 0. The number of benzene rings is 7. The summed E-state index contributed by atoms with van der Waals surface area (Å²) in [6, 6.07) is 23.6. The minimum atomic E-state index is -9.71. The second-order valence-electron chi connectivity index (χ2n) is 19.4. The Bertz CT molecular complexity index is 4560. The van der Waals surface area contributed by atoms with Crippen molar-refractivity contribution in [1.29, 1.82) is 0 Å². The van der Waals surface area contributed by atoms with E-state index in [9.17, 15) is 103 Å². The molecule has 0 saturated carbocycles. The molecule has 0 unspecified atom stereocenters. The lowest BCUT2D eigenvalue weighted by molar-refractivity contribution is 0.360. The maximum atomic E-state index is 13.9. The molecule has 0 fully saturated rings. The Morgan fingerprint density at radius 2 is 0.758 bits per heavy atom. The van der Waals surface area contributed by atoms with Crippen LogP contribution in [0.25, 0.3) is 4.85 Å². The lowest BCUT2D eigenvalue weighted by Gasteiger charge is -2.40. The van der Waals surface area contributed by atoms with Gasteiger partial charge in [0.15, 0.2) is 10.8 Å². The van der Waals surface area contributed by atoms with Crippen LogP contribution in [-0.4, -0.2) is 83.6 Å². The van der Waals surface area contributed by atoms with Crippen molar-refractivity contribution in [2.24, 2.45) is 4.99 Å². The van der Waals surface area contributed by atoms with Crippen LogP contribution in [0.2, 0.25) is 0 Å². The van der Waals surface area contributed by atoms with E-state index < -0.39 is 109 Å². The summed E-state index contributed by atoms with van der Waals surface area (Å²) in [5.74, 6) is -3.50. The first-order chi connectivity index (χ1) is 44.0. The highest BCUT2D eigenvalue weighted by molar-refractivity contribution is 14.1. The predicted molar refractivity (Wildman–Crippen MR) is 376 cm³/mol. The SMILES string of the molecule is C.CS(=O)(=O)Nc1ccc(CNC(=S)NCc2ccc(S(F)(F)(F)(F)F)cc2)cc1F.CS(=O)(=O)Nc1ccc(I)cc1F.CS(=O)(=O)Nc1ccc(N)cc1F.CS(=O)(=O)Nc1ccc(N)cc1F.FS(F)(F)(F)(F)c1ccc(N=C=S)cc1.[C-]#[N+]c1ccc(NS(C)(=O)=O)c(F)c1. The summed E-state index contributed by atoms with van der Waals surface area (Å²) in [6.45, 7) is 6.66. The Morgan fingerprint density at radius 3 is 1.06 bits per heavy atom. The number of rotatable bonds is 17. The lowest BCUT2D eigenvalue weighted by Crippen LogP contribution is -2.34. The van der Waals surface area contributed by atoms with Gasteiger partial charge in [0, 0.05) is 28.0 Å². The van der Waals surface area contributed by atoms with Crippen LogP contribution in [0, 0.1) is 39.2 Å². The first-order valence-electron chi connectivity index (χ1n) is 25.2. The van der Waals surface area contributed by atoms with Crippen molar-refractivity contribution < 1.29 is 103 Å². The van der Waals surface area contributed by atoms with E-state index in [-0.39, 0.29) is 94.5 Å². The van der Waals surface area contributed by atoms with Gasteiger partial charge in [0.2, 0.25) is 50.1 Å². The summed E-state index contributed by atoms with van der Waals surface area (Å²) >= 11 is 11.1. The van der Waals surface area contributed by atoms with Crippen LogP contribution in [0.15, 0.2) is 154 Å². The van der Waals surface area contributed by atoms with Crippen molar-refractivity contribution in [2.75, 3.05) is 66.4 Å². The van der Waals surface area contributed by atoms with Crippen LogP contribution in [0.3, 0.4) is 0 Å². The van der Waals surface area contributed by atoms with Gasteiger partial charge in [0.25, 0.3) is 0 Å². The maximum absolute atomic E-state index is 13.9. The number of nitrogens with one attached hydrogen (secondary N) is 7. The van der Waals surface area contributed by atoms with Crippen LogP contribution in [0.4, 0.5) is 112 Å². The molecule has 0 aromatic heterocycles. The smallest absolute Gasteiger partial charge is 0.310 e. The molecular formula is C53H57F15IN11O10S9. The van der Waals surface area contributed by atoms with Crippen molar-refractivity contribution in [3.8, 4) is 0 Å². The van der Waals surface area contributed by atoms with E-state index in [1.165, 1.54) is 60.7 Å². The van der Waals surface area contributed by atoms with Gasteiger partial charge in [-0.25, -0.2) is 68.9 Å². The fourth-order valence-corrected chi connectivity index (χ4v) is 11.2. The Labute approximate surface area is 584 Å². The summed E-state index contributed by atoms with van der Waals surface area (Å²) in [7, 11) is -36.7. The van der Waals surface area contributed by atoms with E-state index in [1.807, 2.05) is 46.6 Å². The molecule has 0 amide bonds. The highest BCUT2D eigenvalue weighted by atomic mass is 127. The molecule has 0 radical (unpaired) electrons. The third-order valence-electron chi connectivity index (χ3n) is 10.2. The van der Waals surface area contributed by atoms with E-state index in [1.54, 1.807) is 6.07 Å². The second-order valence-corrected chi connectivity index (χ2v) is 34.8. The zero-order chi connectivity index (χ0) is 75.6. The first kappa shape index (κ1) is 89.3. The molecule has 0 atom stereocenters. The van der Waals surface area contributed by atoms with E-state index in [0.29, 0.717) is 21.3 Å². The topological polar surface area (TPSA) is 324 Å². The Hall–Kier alpha value is -7.75. The van der Waals surface area contributed by atoms with Crippen LogP contribution in [-0.2, 0) is 63.2 Å². The lowest BCUT2D eigenvalue weighted by atomic mass is 10.2. The molecule has 7 aromatic carbocycles. The van der Waals surface area contributed by atoms with Crippen molar-refractivity contribution in [3.63, 3.8) is 0 Å². The third kappa shape index (κ3) is 37.3. The number of hydrogen-bond acceptors (Lipinski definition) is 15. The highest BCUT2D eigenvalue weighted by Gasteiger charge is 2.66. The number of nitrogens with two attached hydrogens (primary N) is 2. The monoisotopic (exact) mass is 1710 g/mol. The Morgan fingerprint density at radius 1 is 0.465 bits per heavy atom. The maximum Gasteiger partial charge on any atom is 0.310 e. The van der Waals surface area contributed by atoms with Crippen LogP contribution >= 0.6 is 67.5 Å². The molecule has 21 nitrogen and oxygen atoms in total. The molecule has 0 aliphatic heterocycles. The van der Waals surface area contributed by atoms with Gasteiger partial charge in [-0.2, -0.15) is 4.99 Å². The summed E-state index contributed by atoms with van der Waals surface area (Å²) in [4.78, 5) is 2.42. The molecule has 550 valence electrons. The molecule has 7 aromatic rings. The second kappa shape index (κ2) is 33.2. The van der Waals surface area contributed by atoms with E-state index >= 15 is 0 Å². The number of anilines is 7. The van der Waals surface area contributed by atoms with Crippen molar-refractivity contribution in [2.45, 2.75) is 30.3 Å². The Balaban J connectivity index is 0.000000617. The van der Waals surface area contributed by atoms with E-state index in [0.717, 1.165) is 79.8 Å². The molecular weight excluding hydrogens is 1650 g/mol. The number of hydrogen-bond donors (Lipinski definition) is 9. The number of isothiocyanates is 1. The molecule has 0 aliphatic rings. The van der Waals surface area contributed by atoms with Gasteiger partial charge < -0.3 is 22.1 Å². The predicted octanol–water partition coefficient (Wildman–Crippen LogP) is 15.8. The number of nitrogen functional groups attached to an aromatic ring is 2. The molecule has 0 spiro atoms. The molecule has 11 N–H and O–H groups in total. The van der Waals surface area contributed by atoms with Crippen LogP contribution in [0.1, 0.15) is 18.6 Å². The highest BCUT2D eigenvalue weighted by Crippen LogP contribution is 3.02. The number of thiocarbonyl (C=S) groups is 2. The van der Waals surface area contributed by atoms with Crippen LogP contribution in [0.5, 0.6) is 0 Å². The van der Waals surface area contributed by atoms with Gasteiger partial charge >= 0.3 is 20.4 Å². The zero-order valence-corrected chi connectivity index (χ0v) is 59.6. The van der Waals surface area contributed by atoms with E-state index in [2.05, 4.69) is 37.4 Å². The quantitative estimate of drug-likeness (QED) is 0.0102. The summed E-state index contributed by atoms with van der Waals surface area (Å²) in [6.07, 6.45) is 4.68. The van der Waals surface area contributed by atoms with Crippen LogP contribution < -0.4 is 45.7 Å². The van der Waals surface area contributed by atoms with Crippen molar-refractivity contribution >= 4 is 179 Å². The third-order valence-corrected chi connectivity index (χ3v) is 16.6. The molecule has 99 heavy (non-hydrogen) atoms. The molecule has 7 rings (SSSR count). The van der Waals surface area contributed by atoms with Gasteiger partial charge in [-0.3, -0.25) is 23.6 Å². The first-order valence-corrected chi connectivity index (χ1v) is 40.4. The number of halogens is 16. The zero-order valence-electron chi connectivity index (χ0n) is 50.0. The average molecular weight is 1710 g/mol. The average Bonchev–Trinajstić information content (AvgIpc) is 0.737. The van der Waals surface area contributed by atoms with E-state index in [4.69, 9.17) is 30.3 Å². The van der Waals surface area contributed by atoms with Gasteiger partial charge in [0.05, 0.1) is 77.1 Å². The van der Waals surface area contributed by atoms with Gasteiger partial charge in [-0.05, 0) is 173 Å². The molecule has 0 heterocycles. The molecule has 0 bridgehead atoms. The minimum Gasteiger partial charge on any atom is -0.399 e. The van der Waals surface area contributed by atoms with Gasteiger partial charge in [-0.1, -0.05) is 70.5 Å². The fourth-order valence-electron chi connectivity index (χ4n) is 6.33. The largest absolute Gasteiger partial charge is 0.399 e. The molecule has 0 saturated heterocycles. The Kier molecular flexibility index (Phi) is 29.9. The fraction of sp³-hybridized carbons (Fsp3) is 0.151. The standard InChI is InChI=1S/C16H17F6N3O2S3.C8H7FN2O2S.C7H4F5NS2.C7H7FINO2S.2C7H9FN2O2S.CH4/c1-29(26,27)25-15-7-4-12(8-14(15)17)10-24-16(28)23-9-11-2-5-13(6-3-11)30(18,19,20,21)22;1-10-6-3-4-8(7(9)5-6)11-14(2,12)13;8-15(9,10,11,12)7-3-1-6(2-4-7)13-5-14;3*1-13(11,12)10-7-3-2-5(9)4-6(7)8;/h2-8,25H,9-10H2,1H3,(H2,23,24,28);3-5,11H,2H3;1-4H;2-4,10H,1H3;2*2-4,10H,9H2,1H3;1H4. The summed E-state index contributed by atoms with van der Waals surface area (Å²) in [5, 5.41) is 7.41. The summed E-state index contributed by atoms with van der Waals surface area (Å²) in [5.41, 5.74) is 11.3. The normalized spacial score (nSPS) is 12.7. The number of nitrogens with zero attached hydrogens (tertiary/aromatic N) is 2. The number of sulfonamides is 5. The number of aliphatic imine (C=N–C) groups is 1. The molecule has 46 heteroatoms. The van der Waals surface area contributed by atoms with Gasteiger partial charge in [-0.15, -0.1) is 0 Å². The van der Waals surface area contributed by atoms with Crippen molar-refractivity contribution in [3.05, 3.63) is 195 Å². The van der Waals surface area contributed by atoms with Gasteiger partial charge in [0.1, 0.15) is 38.9 Å². The van der Waals surface area contributed by atoms with Crippen molar-refractivity contribution in [1.82, 2.24) is 10.6 Å². The molecule has 0 aliphatic carbocycles. The summed E-state index contributed by atoms with van der Waals surface area (Å²) < 4.78 is 309.